The van der Waals surface area contributed by atoms with Gasteiger partial charge in [-0.25, -0.2) is 16.8 Å². The van der Waals surface area contributed by atoms with Crippen LogP contribution in [0.3, 0.4) is 0 Å². The molecule has 166 valence electrons. The Bertz CT molecular complexity index is 1230. The number of amides is 1. The smallest absolute Gasteiger partial charge is 0.266 e. The second kappa shape index (κ2) is 8.87. The van der Waals surface area contributed by atoms with Gasteiger partial charge in [0.15, 0.2) is 14.6 Å². The van der Waals surface area contributed by atoms with E-state index in [1.807, 2.05) is 0 Å². The Balaban J connectivity index is 2.10. The van der Waals surface area contributed by atoms with Crippen LogP contribution in [0.1, 0.15) is 19.3 Å². The first kappa shape index (κ1) is 23.1. The minimum Gasteiger partial charge on any atom is -0.383 e. The van der Waals surface area contributed by atoms with E-state index in [9.17, 15) is 21.6 Å². The van der Waals surface area contributed by atoms with Crippen molar-refractivity contribution in [3.05, 3.63) is 23.0 Å². The molecule has 0 spiro atoms. The highest BCUT2D eigenvalue weighted by molar-refractivity contribution is 7.90. The minimum atomic E-state index is -3.52. The van der Waals surface area contributed by atoms with Crippen molar-refractivity contribution in [3.63, 3.8) is 0 Å². The normalized spacial score (nSPS) is 19.4. The van der Waals surface area contributed by atoms with E-state index in [-0.39, 0.29) is 4.90 Å². The molecule has 0 bridgehead atoms. The van der Waals surface area contributed by atoms with Crippen molar-refractivity contribution in [1.82, 2.24) is 8.87 Å². The Morgan fingerprint density at radius 2 is 1.97 bits per heavy atom. The van der Waals surface area contributed by atoms with Crippen molar-refractivity contribution < 1.29 is 26.4 Å². The van der Waals surface area contributed by atoms with Gasteiger partial charge in [-0.15, -0.1) is 0 Å². The van der Waals surface area contributed by atoms with Gasteiger partial charge in [0.05, 0.1) is 28.0 Å². The molecule has 1 unspecified atom stereocenters. The standard InChI is InChI=1S/C18H25N3O6S3/c1-27-11-10-20-14-8-7-13(29(2,23)24)12-16(14)28-18(20)19-17(22)15-6-4-5-9-21(15)30(3,25)26/h7-8,12,15H,4-6,9-11H2,1-3H3. The minimum absolute atomic E-state index is 0.184. The highest BCUT2D eigenvalue weighted by atomic mass is 32.2. The van der Waals surface area contributed by atoms with Gasteiger partial charge in [-0.2, -0.15) is 9.30 Å². The lowest BCUT2D eigenvalue weighted by atomic mass is 10.0. The van der Waals surface area contributed by atoms with E-state index in [0.29, 0.717) is 42.0 Å². The fourth-order valence-electron chi connectivity index (χ4n) is 3.49. The maximum atomic E-state index is 12.9. The van der Waals surface area contributed by atoms with Gasteiger partial charge in [-0.3, -0.25) is 4.79 Å². The molecule has 1 fully saturated rings. The topological polar surface area (TPSA) is 115 Å². The van der Waals surface area contributed by atoms with E-state index in [1.165, 1.54) is 21.7 Å². The number of rotatable bonds is 6. The third-order valence-electron chi connectivity index (χ3n) is 4.97. The zero-order valence-corrected chi connectivity index (χ0v) is 19.5. The maximum absolute atomic E-state index is 12.9. The van der Waals surface area contributed by atoms with Crippen molar-refractivity contribution >= 4 is 47.3 Å². The van der Waals surface area contributed by atoms with E-state index in [1.54, 1.807) is 23.8 Å². The summed E-state index contributed by atoms with van der Waals surface area (Å²) in [5.41, 5.74) is 0.736. The predicted molar refractivity (Wildman–Crippen MR) is 115 cm³/mol. The molecule has 30 heavy (non-hydrogen) atoms. The number of hydrogen-bond donors (Lipinski definition) is 0. The number of piperidine rings is 1. The highest BCUT2D eigenvalue weighted by Crippen LogP contribution is 2.23. The number of hydrogen-bond acceptors (Lipinski definition) is 7. The summed E-state index contributed by atoms with van der Waals surface area (Å²) in [6, 6.07) is 3.95. The molecule has 1 aliphatic heterocycles. The second-order valence-corrected chi connectivity index (χ2v) is 12.2. The lowest BCUT2D eigenvalue weighted by molar-refractivity contribution is -0.122. The van der Waals surface area contributed by atoms with Crippen LogP contribution in [0.4, 0.5) is 0 Å². The summed E-state index contributed by atoms with van der Waals surface area (Å²) in [6.07, 6.45) is 4.13. The highest BCUT2D eigenvalue weighted by Gasteiger charge is 2.34. The van der Waals surface area contributed by atoms with Crippen LogP contribution in [0.5, 0.6) is 0 Å². The van der Waals surface area contributed by atoms with E-state index in [4.69, 9.17) is 4.74 Å². The van der Waals surface area contributed by atoms with Gasteiger partial charge in [0.1, 0.15) is 6.04 Å². The van der Waals surface area contributed by atoms with Crippen molar-refractivity contribution in [2.45, 2.75) is 36.7 Å². The van der Waals surface area contributed by atoms with Gasteiger partial charge in [0.25, 0.3) is 5.91 Å². The van der Waals surface area contributed by atoms with E-state index >= 15 is 0 Å². The average molecular weight is 476 g/mol. The van der Waals surface area contributed by atoms with Crippen molar-refractivity contribution in [2.24, 2.45) is 4.99 Å². The van der Waals surface area contributed by atoms with Crippen molar-refractivity contribution in [3.8, 4) is 0 Å². The molecule has 1 saturated heterocycles. The largest absolute Gasteiger partial charge is 0.383 e. The number of sulfonamides is 1. The van der Waals surface area contributed by atoms with Gasteiger partial charge in [-0.1, -0.05) is 17.8 Å². The average Bonchev–Trinajstić information content (AvgIpc) is 3.01. The van der Waals surface area contributed by atoms with Crippen molar-refractivity contribution in [2.75, 3.05) is 32.8 Å². The molecule has 0 aliphatic carbocycles. The quantitative estimate of drug-likeness (QED) is 0.615. The molecule has 1 aromatic heterocycles. The molecule has 1 aliphatic rings. The summed E-state index contributed by atoms with van der Waals surface area (Å²) < 4.78 is 56.8. The monoisotopic (exact) mass is 475 g/mol. The summed E-state index contributed by atoms with van der Waals surface area (Å²) in [5, 5.41) is 0. The number of carbonyl (C=O) groups is 1. The molecule has 1 amide bonds. The number of ether oxygens (including phenoxy) is 1. The Kier molecular flexibility index (Phi) is 6.82. The Morgan fingerprint density at radius 1 is 1.23 bits per heavy atom. The predicted octanol–water partition coefficient (Wildman–Crippen LogP) is 0.994. The number of fused-ring (bicyclic) bond motifs is 1. The molecule has 2 heterocycles. The first-order valence-electron chi connectivity index (χ1n) is 9.40. The number of methoxy groups -OCH3 is 1. The molecule has 2 aromatic rings. The number of sulfone groups is 1. The maximum Gasteiger partial charge on any atom is 0.266 e. The van der Waals surface area contributed by atoms with Crippen molar-refractivity contribution in [1.29, 1.82) is 0 Å². The molecule has 1 aromatic carbocycles. The zero-order valence-electron chi connectivity index (χ0n) is 17.1. The third-order valence-corrected chi connectivity index (χ3v) is 8.41. The summed E-state index contributed by atoms with van der Waals surface area (Å²) in [7, 11) is -5.34. The molecule has 1 atom stereocenters. The van der Waals surface area contributed by atoms with Gasteiger partial charge in [-0.05, 0) is 31.0 Å². The Morgan fingerprint density at radius 3 is 2.60 bits per heavy atom. The molecule has 12 heteroatoms. The van der Waals surface area contributed by atoms with Crippen LogP contribution in [-0.2, 0) is 35.9 Å². The fourth-order valence-corrected chi connectivity index (χ4v) is 6.43. The first-order chi connectivity index (χ1) is 14.0. The summed E-state index contributed by atoms with van der Waals surface area (Å²) in [6.45, 7) is 1.10. The number of aromatic nitrogens is 1. The van der Waals surface area contributed by atoms with Gasteiger partial charge >= 0.3 is 0 Å². The van der Waals surface area contributed by atoms with Crippen LogP contribution in [0.2, 0.25) is 0 Å². The van der Waals surface area contributed by atoms with Gasteiger partial charge in [0, 0.05) is 26.5 Å². The molecular weight excluding hydrogens is 450 g/mol. The number of thiazole rings is 1. The Labute approximate surface area is 180 Å². The van der Waals surface area contributed by atoms with Crippen LogP contribution in [0.25, 0.3) is 10.2 Å². The van der Waals surface area contributed by atoms with E-state index in [2.05, 4.69) is 4.99 Å². The summed E-state index contributed by atoms with van der Waals surface area (Å²) >= 11 is 1.19. The zero-order chi connectivity index (χ0) is 22.1. The first-order valence-corrected chi connectivity index (χ1v) is 14.0. The van der Waals surface area contributed by atoms with E-state index < -0.39 is 31.8 Å². The number of nitrogens with zero attached hydrogens (tertiary/aromatic N) is 3. The molecule has 9 nitrogen and oxygen atoms in total. The molecule has 3 rings (SSSR count). The molecular formula is C18H25N3O6S3. The fraction of sp³-hybridized carbons (Fsp3) is 0.556. The number of benzene rings is 1. The number of carbonyl (C=O) groups excluding carboxylic acids is 1. The van der Waals surface area contributed by atoms with Crippen LogP contribution >= 0.6 is 11.3 Å². The molecule has 0 saturated carbocycles. The van der Waals surface area contributed by atoms with Crippen LogP contribution in [0.15, 0.2) is 28.1 Å². The molecule has 0 N–H and O–H groups in total. The summed E-state index contributed by atoms with van der Waals surface area (Å²) in [4.78, 5) is 17.8. The summed E-state index contributed by atoms with van der Waals surface area (Å²) in [5.74, 6) is -0.513. The SMILES string of the molecule is COCCn1c(=NC(=O)C2CCCCN2S(C)(=O)=O)sc2cc(S(C)(=O)=O)ccc21. The second-order valence-electron chi connectivity index (χ2n) is 7.27. The van der Waals surface area contributed by atoms with Gasteiger partial charge < -0.3 is 9.30 Å². The lowest BCUT2D eigenvalue weighted by Crippen LogP contribution is -2.47. The third kappa shape index (κ3) is 4.99. The lowest BCUT2D eigenvalue weighted by Gasteiger charge is -2.31. The molecule has 0 radical (unpaired) electrons. The van der Waals surface area contributed by atoms with Crippen LogP contribution < -0.4 is 4.80 Å². The van der Waals surface area contributed by atoms with Crippen LogP contribution in [-0.4, -0.2) is 70.4 Å². The van der Waals surface area contributed by atoms with Crippen LogP contribution in [0, 0.1) is 0 Å². The van der Waals surface area contributed by atoms with Gasteiger partial charge in [0.2, 0.25) is 10.0 Å². The van der Waals surface area contributed by atoms with E-state index in [0.717, 1.165) is 24.4 Å². The Hall–Kier alpha value is -1.60.